The van der Waals surface area contributed by atoms with E-state index in [4.69, 9.17) is 9.15 Å². The Kier molecular flexibility index (Phi) is 5.39. The summed E-state index contributed by atoms with van der Waals surface area (Å²) in [6, 6.07) is 11.9. The molecule has 1 atom stereocenters. The molecule has 0 N–H and O–H groups in total. The molecule has 4 aromatic rings. The zero-order valence-electron chi connectivity index (χ0n) is 18.3. The van der Waals surface area contributed by atoms with E-state index in [1.807, 2.05) is 65.0 Å². The predicted octanol–water partition coefficient (Wildman–Crippen LogP) is 4.25. The number of aryl methyl sites for hydroxylation is 1. The minimum Gasteiger partial charge on any atom is -0.496 e. The second-order valence-electron chi connectivity index (χ2n) is 8.29. The topological polar surface area (TPSA) is 72.9 Å². The fourth-order valence-corrected chi connectivity index (χ4v) is 4.41. The lowest BCUT2D eigenvalue weighted by Crippen LogP contribution is -2.39. The molecule has 0 spiro atoms. The Labute approximate surface area is 186 Å². The molecule has 1 amide bonds. The monoisotopic (exact) mass is 430 g/mol. The Morgan fingerprint density at radius 1 is 1.25 bits per heavy atom. The molecule has 0 saturated carbocycles. The van der Waals surface area contributed by atoms with Gasteiger partial charge in [0.1, 0.15) is 22.9 Å². The Hall–Kier alpha value is -3.61. The van der Waals surface area contributed by atoms with Gasteiger partial charge in [0.05, 0.1) is 19.2 Å². The highest BCUT2D eigenvalue weighted by Crippen LogP contribution is 2.29. The fraction of sp³-hybridized carbons (Fsp3) is 0.320. The number of oxazole rings is 1. The normalized spacial score (nSPS) is 16.4. The van der Waals surface area contributed by atoms with Crippen LogP contribution in [0.1, 0.15) is 52.0 Å². The van der Waals surface area contributed by atoms with E-state index in [1.165, 1.54) is 0 Å². The number of para-hydroxylation sites is 1. The van der Waals surface area contributed by atoms with E-state index < -0.39 is 0 Å². The average molecular weight is 431 g/mol. The molecule has 7 nitrogen and oxygen atoms in total. The minimum atomic E-state index is -0.0430. The molecule has 1 saturated heterocycles. The van der Waals surface area contributed by atoms with Crippen LogP contribution in [0.25, 0.3) is 5.65 Å². The van der Waals surface area contributed by atoms with Gasteiger partial charge >= 0.3 is 0 Å². The Morgan fingerprint density at radius 2 is 2.12 bits per heavy atom. The standard InChI is InChI=1S/C25H26N4O3/c1-17-7-5-11-28-16-21(27-23(17)28)25(30)29-12-6-9-19(15-29)24-26-14-20(32-24)13-18-8-3-4-10-22(18)31-2/h3-5,7-8,10-11,14,16,19H,6,9,12-13,15H2,1-2H3/t19-/m0/s1. The number of fused-ring (bicyclic) bond motifs is 1. The number of nitrogens with zero attached hydrogens (tertiary/aromatic N) is 4. The molecule has 3 aromatic heterocycles. The lowest BCUT2D eigenvalue weighted by molar-refractivity contribution is 0.0692. The van der Waals surface area contributed by atoms with Gasteiger partial charge in [-0.1, -0.05) is 24.3 Å². The van der Waals surface area contributed by atoms with Gasteiger partial charge in [-0.3, -0.25) is 4.79 Å². The first-order chi connectivity index (χ1) is 15.6. The van der Waals surface area contributed by atoms with Crippen LogP contribution < -0.4 is 4.74 Å². The third-order valence-electron chi connectivity index (χ3n) is 6.08. The van der Waals surface area contributed by atoms with Crippen LogP contribution in [0.4, 0.5) is 0 Å². The molecule has 1 fully saturated rings. The number of carbonyl (C=O) groups excluding carboxylic acids is 1. The third kappa shape index (κ3) is 3.86. The summed E-state index contributed by atoms with van der Waals surface area (Å²) >= 11 is 0. The highest BCUT2D eigenvalue weighted by Gasteiger charge is 2.29. The summed E-state index contributed by atoms with van der Waals surface area (Å²) in [5.41, 5.74) is 3.40. The number of benzene rings is 1. The van der Waals surface area contributed by atoms with E-state index >= 15 is 0 Å². The number of hydrogen-bond donors (Lipinski definition) is 0. The summed E-state index contributed by atoms with van der Waals surface area (Å²) in [6.45, 7) is 3.30. The zero-order chi connectivity index (χ0) is 22.1. The lowest BCUT2D eigenvalue weighted by atomic mass is 9.98. The van der Waals surface area contributed by atoms with Gasteiger partial charge < -0.3 is 18.5 Å². The fourth-order valence-electron chi connectivity index (χ4n) is 4.41. The van der Waals surface area contributed by atoms with E-state index in [1.54, 1.807) is 13.3 Å². The van der Waals surface area contributed by atoms with Crippen molar-refractivity contribution in [1.29, 1.82) is 0 Å². The molecule has 5 rings (SSSR count). The molecule has 1 aliphatic heterocycles. The number of imidazole rings is 1. The quantitative estimate of drug-likeness (QED) is 0.473. The van der Waals surface area contributed by atoms with Crippen molar-refractivity contribution < 1.29 is 13.9 Å². The number of ether oxygens (including phenoxy) is 1. The predicted molar refractivity (Wildman–Crippen MR) is 120 cm³/mol. The number of methoxy groups -OCH3 is 1. The maximum absolute atomic E-state index is 13.2. The number of likely N-dealkylation sites (tertiary alicyclic amines) is 1. The van der Waals surface area contributed by atoms with Crippen molar-refractivity contribution in [3.8, 4) is 5.75 Å². The number of piperidine rings is 1. The van der Waals surface area contributed by atoms with Crippen LogP contribution in [-0.2, 0) is 6.42 Å². The summed E-state index contributed by atoms with van der Waals surface area (Å²) in [6.07, 6.45) is 7.99. The molecule has 0 bridgehead atoms. The van der Waals surface area contributed by atoms with Crippen molar-refractivity contribution in [1.82, 2.24) is 19.3 Å². The molecular weight excluding hydrogens is 404 g/mol. The number of pyridine rings is 1. The second-order valence-corrected chi connectivity index (χ2v) is 8.29. The van der Waals surface area contributed by atoms with Gasteiger partial charge in [0.2, 0.25) is 0 Å². The summed E-state index contributed by atoms with van der Waals surface area (Å²) in [5.74, 6) is 2.36. The van der Waals surface area contributed by atoms with Crippen molar-refractivity contribution >= 4 is 11.6 Å². The third-order valence-corrected chi connectivity index (χ3v) is 6.08. The van der Waals surface area contributed by atoms with E-state index in [0.717, 1.165) is 47.7 Å². The average Bonchev–Trinajstić information content (AvgIpc) is 3.47. The van der Waals surface area contributed by atoms with E-state index in [0.29, 0.717) is 24.6 Å². The number of rotatable bonds is 5. The van der Waals surface area contributed by atoms with Gasteiger partial charge in [-0.05, 0) is 37.5 Å². The molecule has 1 aromatic carbocycles. The number of hydrogen-bond acceptors (Lipinski definition) is 5. The number of carbonyl (C=O) groups is 1. The lowest BCUT2D eigenvalue weighted by Gasteiger charge is -2.30. The molecule has 0 radical (unpaired) electrons. The van der Waals surface area contributed by atoms with Gasteiger partial charge in [-0.2, -0.15) is 0 Å². The van der Waals surface area contributed by atoms with Crippen molar-refractivity contribution in [3.63, 3.8) is 0 Å². The van der Waals surface area contributed by atoms with Gasteiger partial charge in [0.15, 0.2) is 5.89 Å². The van der Waals surface area contributed by atoms with E-state index in [-0.39, 0.29) is 11.8 Å². The summed E-state index contributed by atoms with van der Waals surface area (Å²) in [4.78, 5) is 24.1. The van der Waals surface area contributed by atoms with Crippen molar-refractivity contribution in [2.24, 2.45) is 0 Å². The van der Waals surface area contributed by atoms with Crippen LogP contribution >= 0.6 is 0 Å². The maximum Gasteiger partial charge on any atom is 0.274 e. The highest BCUT2D eigenvalue weighted by atomic mass is 16.5. The molecule has 164 valence electrons. The zero-order valence-corrected chi connectivity index (χ0v) is 18.3. The molecule has 4 heterocycles. The van der Waals surface area contributed by atoms with Crippen LogP contribution in [0.5, 0.6) is 5.75 Å². The van der Waals surface area contributed by atoms with Crippen LogP contribution in [0, 0.1) is 6.92 Å². The van der Waals surface area contributed by atoms with Crippen LogP contribution in [-0.4, -0.2) is 45.4 Å². The summed E-state index contributed by atoms with van der Waals surface area (Å²) in [7, 11) is 1.67. The van der Waals surface area contributed by atoms with E-state index in [2.05, 4.69) is 9.97 Å². The SMILES string of the molecule is COc1ccccc1Cc1cnc([C@H]2CCCN(C(=O)c3cn4cccc(C)c4n3)C2)o1. The van der Waals surface area contributed by atoms with Gasteiger partial charge in [-0.15, -0.1) is 0 Å². The molecule has 7 heteroatoms. The number of aromatic nitrogens is 3. The molecule has 1 aliphatic rings. The van der Waals surface area contributed by atoms with Crippen LogP contribution in [0.2, 0.25) is 0 Å². The van der Waals surface area contributed by atoms with E-state index in [9.17, 15) is 4.79 Å². The van der Waals surface area contributed by atoms with Crippen LogP contribution in [0.15, 0.2) is 59.4 Å². The van der Waals surface area contributed by atoms with Crippen LogP contribution in [0.3, 0.4) is 0 Å². The summed E-state index contributed by atoms with van der Waals surface area (Å²) in [5, 5.41) is 0. The van der Waals surface area contributed by atoms with Crippen molar-refractivity contribution in [3.05, 3.63) is 83.5 Å². The molecule has 32 heavy (non-hydrogen) atoms. The first kappa shape index (κ1) is 20.3. The largest absolute Gasteiger partial charge is 0.496 e. The first-order valence-corrected chi connectivity index (χ1v) is 10.9. The Morgan fingerprint density at radius 3 is 2.97 bits per heavy atom. The van der Waals surface area contributed by atoms with Gasteiger partial charge in [-0.25, -0.2) is 9.97 Å². The van der Waals surface area contributed by atoms with Crippen molar-refractivity contribution in [2.75, 3.05) is 20.2 Å². The first-order valence-electron chi connectivity index (χ1n) is 10.9. The van der Waals surface area contributed by atoms with Gasteiger partial charge in [0.25, 0.3) is 5.91 Å². The highest BCUT2D eigenvalue weighted by molar-refractivity contribution is 5.93. The molecule has 0 aliphatic carbocycles. The molecular formula is C25H26N4O3. The Bertz CT molecular complexity index is 1260. The van der Waals surface area contributed by atoms with Gasteiger partial charge in [0, 0.05) is 37.5 Å². The minimum absolute atomic E-state index is 0.0430. The Balaban J connectivity index is 1.30. The number of amides is 1. The summed E-state index contributed by atoms with van der Waals surface area (Å²) < 4.78 is 13.4. The second kappa shape index (κ2) is 8.49. The molecule has 0 unspecified atom stereocenters. The van der Waals surface area contributed by atoms with Crippen molar-refractivity contribution in [2.45, 2.75) is 32.1 Å². The smallest absolute Gasteiger partial charge is 0.274 e. The maximum atomic E-state index is 13.2.